The number of halogens is 2. The second-order valence-electron chi connectivity index (χ2n) is 5.57. The Morgan fingerprint density at radius 2 is 1.96 bits per heavy atom. The lowest BCUT2D eigenvalue weighted by molar-refractivity contribution is -0.115. The Hall–Kier alpha value is -2.94. The zero-order chi connectivity index (χ0) is 19.4. The number of benzene rings is 2. The van der Waals surface area contributed by atoms with Gasteiger partial charge in [-0.05, 0) is 43.3 Å². The molecule has 2 aromatic carbocycles. The summed E-state index contributed by atoms with van der Waals surface area (Å²) < 4.78 is 31.9. The van der Waals surface area contributed by atoms with Crippen LogP contribution in [0.1, 0.15) is 6.92 Å². The summed E-state index contributed by atoms with van der Waals surface area (Å²) in [6, 6.07) is 10.1. The van der Waals surface area contributed by atoms with Crippen molar-refractivity contribution in [2.24, 2.45) is 0 Å². The van der Waals surface area contributed by atoms with Gasteiger partial charge in [-0.2, -0.15) is 0 Å². The maximum Gasteiger partial charge on any atom is 0.237 e. The van der Waals surface area contributed by atoms with Gasteiger partial charge in [-0.15, -0.1) is 5.10 Å². The lowest BCUT2D eigenvalue weighted by Crippen LogP contribution is -2.23. The standard InChI is InChI=1S/C18H16F2N4O2S/c1-10(17(25)21-15-9-12(19)5-8-14(15)20)27-18-22-16(23-24-18)11-3-6-13(26-2)7-4-11/h3-10H,1-2H3,(H,21,25)(H,22,23,24)/t10-/m1/s1. The smallest absolute Gasteiger partial charge is 0.237 e. The van der Waals surface area contributed by atoms with E-state index in [1.54, 1.807) is 26.2 Å². The van der Waals surface area contributed by atoms with Crippen LogP contribution in [0.5, 0.6) is 5.75 Å². The van der Waals surface area contributed by atoms with E-state index in [0.717, 1.165) is 41.3 Å². The molecule has 0 aliphatic carbocycles. The minimum Gasteiger partial charge on any atom is -0.497 e. The molecule has 0 unspecified atom stereocenters. The van der Waals surface area contributed by atoms with Gasteiger partial charge in [0.05, 0.1) is 18.0 Å². The first-order valence-corrected chi connectivity index (χ1v) is 8.83. The Morgan fingerprint density at radius 1 is 1.22 bits per heavy atom. The molecule has 3 aromatic rings. The lowest BCUT2D eigenvalue weighted by atomic mass is 10.2. The van der Waals surface area contributed by atoms with E-state index in [4.69, 9.17) is 4.74 Å². The van der Waals surface area contributed by atoms with E-state index < -0.39 is 22.8 Å². The summed E-state index contributed by atoms with van der Waals surface area (Å²) in [5, 5.41) is 9.00. The van der Waals surface area contributed by atoms with Crippen molar-refractivity contribution in [2.75, 3.05) is 12.4 Å². The summed E-state index contributed by atoms with van der Waals surface area (Å²) >= 11 is 1.10. The van der Waals surface area contributed by atoms with Crippen LogP contribution >= 0.6 is 11.8 Å². The second-order valence-corrected chi connectivity index (χ2v) is 6.88. The molecule has 0 spiro atoms. The van der Waals surface area contributed by atoms with Crippen LogP contribution < -0.4 is 10.1 Å². The average molecular weight is 390 g/mol. The summed E-state index contributed by atoms with van der Waals surface area (Å²) in [5.74, 6) is -0.557. The molecule has 1 heterocycles. The Morgan fingerprint density at radius 3 is 2.67 bits per heavy atom. The van der Waals surface area contributed by atoms with Crippen molar-refractivity contribution in [3.63, 3.8) is 0 Å². The first kappa shape index (κ1) is 18.8. The predicted molar refractivity (Wildman–Crippen MR) is 98.7 cm³/mol. The molecule has 3 rings (SSSR count). The molecule has 0 saturated heterocycles. The maximum absolute atomic E-state index is 13.6. The lowest BCUT2D eigenvalue weighted by Gasteiger charge is -2.10. The Labute approximate surface area is 158 Å². The van der Waals surface area contributed by atoms with Crippen LogP contribution in [-0.4, -0.2) is 33.4 Å². The number of hydrogen-bond donors (Lipinski definition) is 2. The molecule has 0 bridgehead atoms. The SMILES string of the molecule is COc1ccc(-c2nc(S[C@H](C)C(=O)Nc3cc(F)ccc3F)n[nH]2)cc1. The first-order valence-electron chi connectivity index (χ1n) is 7.95. The molecule has 1 amide bonds. The van der Waals surface area contributed by atoms with Crippen molar-refractivity contribution in [2.45, 2.75) is 17.3 Å². The van der Waals surface area contributed by atoms with Crippen LogP contribution in [0, 0.1) is 11.6 Å². The number of amides is 1. The molecular formula is C18H16F2N4O2S. The number of aromatic nitrogens is 3. The number of nitrogens with zero attached hydrogens (tertiary/aromatic N) is 2. The van der Waals surface area contributed by atoms with Gasteiger partial charge in [-0.1, -0.05) is 11.8 Å². The van der Waals surface area contributed by atoms with Crippen molar-refractivity contribution in [3.8, 4) is 17.1 Å². The third-order valence-corrected chi connectivity index (χ3v) is 4.63. The van der Waals surface area contributed by atoms with E-state index in [2.05, 4.69) is 20.5 Å². The monoisotopic (exact) mass is 390 g/mol. The third-order valence-electron chi connectivity index (χ3n) is 3.67. The van der Waals surface area contributed by atoms with Crippen LogP contribution in [0.2, 0.25) is 0 Å². The van der Waals surface area contributed by atoms with Gasteiger partial charge in [0, 0.05) is 11.6 Å². The number of ether oxygens (including phenoxy) is 1. The molecule has 0 radical (unpaired) electrons. The fraction of sp³-hybridized carbons (Fsp3) is 0.167. The largest absolute Gasteiger partial charge is 0.497 e. The number of thioether (sulfide) groups is 1. The molecule has 0 aliphatic rings. The van der Waals surface area contributed by atoms with Crippen LogP contribution in [0.15, 0.2) is 47.6 Å². The number of anilines is 1. The molecule has 9 heteroatoms. The van der Waals surface area contributed by atoms with Crippen molar-refractivity contribution < 1.29 is 18.3 Å². The van der Waals surface area contributed by atoms with E-state index in [0.29, 0.717) is 11.0 Å². The van der Waals surface area contributed by atoms with E-state index in [1.165, 1.54) is 0 Å². The van der Waals surface area contributed by atoms with Gasteiger partial charge in [0.2, 0.25) is 11.1 Å². The van der Waals surface area contributed by atoms with Crippen LogP contribution in [0.4, 0.5) is 14.5 Å². The molecule has 0 fully saturated rings. The molecule has 0 aliphatic heterocycles. The van der Waals surface area contributed by atoms with Crippen molar-refractivity contribution >= 4 is 23.4 Å². The quantitative estimate of drug-likeness (QED) is 0.625. The molecule has 0 saturated carbocycles. The molecule has 140 valence electrons. The van der Waals surface area contributed by atoms with Crippen LogP contribution in [0.25, 0.3) is 11.4 Å². The van der Waals surface area contributed by atoms with E-state index in [1.807, 2.05) is 12.1 Å². The first-order chi connectivity index (χ1) is 13.0. The summed E-state index contributed by atoms with van der Waals surface area (Å²) in [6.45, 7) is 1.63. The van der Waals surface area contributed by atoms with Crippen LogP contribution in [-0.2, 0) is 4.79 Å². The summed E-state index contributed by atoms with van der Waals surface area (Å²) in [4.78, 5) is 16.6. The van der Waals surface area contributed by atoms with E-state index >= 15 is 0 Å². The molecule has 2 N–H and O–H groups in total. The fourth-order valence-corrected chi connectivity index (χ4v) is 2.94. The molecular weight excluding hydrogens is 374 g/mol. The van der Waals surface area contributed by atoms with Gasteiger partial charge in [0.15, 0.2) is 5.82 Å². The zero-order valence-corrected chi connectivity index (χ0v) is 15.3. The number of aromatic amines is 1. The van der Waals surface area contributed by atoms with Crippen molar-refractivity contribution in [1.82, 2.24) is 15.2 Å². The normalized spacial score (nSPS) is 11.9. The number of methoxy groups -OCH3 is 1. The number of H-pyrrole nitrogens is 1. The van der Waals surface area contributed by atoms with Gasteiger partial charge in [-0.3, -0.25) is 9.89 Å². The minimum atomic E-state index is -0.707. The Bertz CT molecular complexity index is 947. The highest BCUT2D eigenvalue weighted by molar-refractivity contribution is 8.00. The van der Waals surface area contributed by atoms with E-state index in [-0.39, 0.29) is 5.69 Å². The van der Waals surface area contributed by atoms with Gasteiger partial charge >= 0.3 is 0 Å². The third kappa shape index (κ3) is 4.62. The maximum atomic E-state index is 13.6. The predicted octanol–water partition coefficient (Wildman–Crippen LogP) is 3.88. The molecule has 27 heavy (non-hydrogen) atoms. The molecule has 6 nitrogen and oxygen atoms in total. The number of carbonyl (C=O) groups excluding carboxylic acids is 1. The number of rotatable bonds is 6. The van der Waals surface area contributed by atoms with Gasteiger partial charge in [-0.25, -0.2) is 13.8 Å². The highest BCUT2D eigenvalue weighted by atomic mass is 32.2. The molecule has 1 aromatic heterocycles. The topological polar surface area (TPSA) is 79.9 Å². The average Bonchev–Trinajstić information content (AvgIpc) is 3.13. The van der Waals surface area contributed by atoms with Crippen molar-refractivity contribution in [1.29, 1.82) is 0 Å². The molecule has 1 atom stereocenters. The van der Waals surface area contributed by atoms with Gasteiger partial charge in [0.1, 0.15) is 17.4 Å². The zero-order valence-electron chi connectivity index (χ0n) is 14.5. The summed E-state index contributed by atoms with van der Waals surface area (Å²) in [6.07, 6.45) is 0. The number of nitrogens with one attached hydrogen (secondary N) is 2. The summed E-state index contributed by atoms with van der Waals surface area (Å²) in [7, 11) is 1.58. The summed E-state index contributed by atoms with van der Waals surface area (Å²) in [5.41, 5.74) is 0.607. The Balaban J connectivity index is 1.65. The van der Waals surface area contributed by atoms with Crippen LogP contribution in [0.3, 0.4) is 0 Å². The van der Waals surface area contributed by atoms with E-state index in [9.17, 15) is 13.6 Å². The van der Waals surface area contributed by atoms with Gasteiger partial charge in [0.25, 0.3) is 0 Å². The fourth-order valence-electron chi connectivity index (χ4n) is 2.22. The Kier molecular flexibility index (Phi) is 5.70. The highest BCUT2D eigenvalue weighted by Crippen LogP contribution is 2.25. The van der Waals surface area contributed by atoms with Crippen molar-refractivity contribution in [3.05, 3.63) is 54.1 Å². The second kappa shape index (κ2) is 8.17. The highest BCUT2D eigenvalue weighted by Gasteiger charge is 2.19. The number of carbonyl (C=O) groups is 1. The number of hydrogen-bond acceptors (Lipinski definition) is 5. The van der Waals surface area contributed by atoms with Gasteiger partial charge < -0.3 is 10.1 Å². The minimum absolute atomic E-state index is 0.207.